The van der Waals surface area contributed by atoms with Gasteiger partial charge in [0.25, 0.3) is 5.71 Å². The number of hydrogen-bond acceptors (Lipinski definition) is 8. The Bertz CT molecular complexity index is 1100. The molecule has 4 heterocycles. The number of carbonyl (C=O) groups excluding carboxylic acids is 1. The van der Waals surface area contributed by atoms with E-state index in [1.165, 1.54) is 32.3 Å². The lowest BCUT2D eigenvalue weighted by molar-refractivity contribution is -0.125. The van der Waals surface area contributed by atoms with E-state index in [9.17, 15) is 4.79 Å². The van der Waals surface area contributed by atoms with Gasteiger partial charge in [-0.2, -0.15) is 4.98 Å². The first-order valence-electron chi connectivity index (χ1n) is 12.2. The Kier molecular flexibility index (Phi) is 6.89. The van der Waals surface area contributed by atoms with E-state index in [0.717, 1.165) is 68.0 Å². The van der Waals surface area contributed by atoms with Crippen molar-refractivity contribution in [2.24, 2.45) is 5.92 Å². The topological polar surface area (TPSA) is 96.6 Å². The quantitative estimate of drug-likeness (QED) is 0.508. The fourth-order valence-electron chi connectivity index (χ4n) is 4.98. The number of piperidine rings is 1. The molecule has 34 heavy (non-hydrogen) atoms. The van der Waals surface area contributed by atoms with Crippen LogP contribution in [-0.4, -0.2) is 72.3 Å². The standard InChI is InChI=1S/C25H32N6O3/c1-33-20-7-5-18(6-8-20)22-21-23(27-17-28-25(21)34-29-22)31-15-9-19(10-16-31)24(32)26-11-4-14-30-12-2-3-13-30/h5-8,17,19H,2-4,9-16H2,1H3,(H,26,32). The fourth-order valence-corrected chi connectivity index (χ4v) is 4.98. The van der Waals surface area contributed by atoms with Crippen LogP contribution in [0.4, 0.5) is 5.82 Å². The molecule has 1 N–H and O–H groups in total. The summed E-state index contributed by atoms with van der Waals surface area (Å²) in [7, 11) is 1.64. The molecule has 2 aliphatic heterocycles. The van der Waals surface area contributed by atoms with Crippen molar-refractivity contribution in [1.29, 1.82) is 0 Å². The number of anilines is 1. The van der Waals surface area contributed by atoms with Gasteiger partial charge in [0, 0.05) is 31.1 Å². The summed E-state index contributed by atoms with van der Waals surface area (Å²) in [5, 5.41) is 8.23. The first-order chi connectivity index (χ1) is 16.7. The highest BCUT2D eigenvalue weighted by molar-refractivity contribution is 5.98. The third-order valence-electron chi connectivity index (χ3n) is 6.93. The summed E-state index contributed by atoms with van der Waals surface area (Å²) >= 11 is 0. The normalized spacial score (nSPS) is 17.4. The van der Waals surface area contributed by atoms with Crippen molar-refractivity contribution in [3.8, 4) is 17.0 Å². The number of aromatic nitrogens is 3. The maximum Gasteiger partial charge on any atom is 0.263 e. The molecule has 9 nitrogen and oxygen atoms in total. The molecule has 0 atom stereocenters. The zero-order valence-electron chi connectivity index (χ0n) is 19.7. The molecule has 1 aromatic carbocycles. The van der Waals surface area contributed by atoms with E-state index < -0.39 is 0 Å². The van der Waals surface area contributed by atoms with Crippen molar-refractivity contribution < 1.29 is 14.1 Å². The minimum absolute atomic E-state index is 0.0453. The van der Waals surface area contributed by atoms with Crippen molar-refractivity contribution in [2.45, 2.75) is 32.1 Å². The number of rotatable bonds is 8. The van der Waals surface area contributed by atoms with E-state index in [0.29, 0.717) is 11.4 Å². The van der Waals surface area contributed by atoms with E-state index in [-0.39, 0.29) is 11.8 Å². The fraction of sp³-hybridized carbons (Fsp3) is 0.520. The summed E-state index contributed by atoms with van der Waals surface area (Å²) in [6.45, 7) is 5.76. The Labute approximate surface area is 199 Å². The number of fused-ring (bicyclic) bond motifs is 1. The Morgan fingerprint density at radius 2 is 1.88 bits per heavy atom. The number of amides is 1. The predicted octanol–water partition coefficient (Wildman–Crippen LogP) is 3.11. The second-order valence-corrected chi connectivity index (χ2v) is 9.09. The molecule has 3 aromatic rings. The number of carbonyl (C=O) groups is 1. The number of ether oxygens (including phenoxy) is 1. The third-order valence-corrected chi connectivity index (χ3v) is 6.93. The van der Waals surface area contributed by atoms with Gasteiger partial charge in [0.1, 0.15) is 29.0 Å². The third kappa shape index (κ3) is 4.84. The van der Waals surface area contributed by atoms with Crippen molar-refractivity contribution in [3.63, 3.8) is 0 Å². The maximum atomic E-state index is 12.7. The molecule has 9 heteroatoms. The summed E-state index contributed by atoms with van der Waals surface area (Å²) in [5.41, 5.74) is 2.10. The van der Waals surface area contributed by atoms with Crippen LogP contribution in [0.15, 0.2) is 35.1 Å². The van der Waals surface area contributed by atoms with Crippen LogP contribution in [0.1, 0.15) is 32.1 Å². The summed E-state index contributed by atoms with van der Waals surface area (Å²) < 4.78 is 10.8. The predicted molar refractivity (Wildman–Crippen MR) is 130 cm³/mol. The van der Waals surface area contributed by atoms with Gasteiger partial charge in [-0.05, 0) is 76.0 Å². The molecule has 2 aliphatic rings. The van der Waals surface area contributed by atoms with Gasteiger partial charge >= 0.3 is 0 Å². The van der Waals surface area contributed by atoms with Crippen LogP contribution in [-0.2, 0) is 4.79 Å². The second kappa shape index (κ2) is 10.4. The summed E-state index contributed by atoms with van der Waals surface area (Å²) in [6, 6.07) is 7.70. The molecule has 2 aromatic heterocycles. The van der Waals surface area contributed by atoms with Gasteiger partial charge in [-0.15, -0.1) is 0 Å². The first-order valence-corrected chi connectivity index (χ1v) is 12.2. The lowest BCUT2D eigenvalue weighted by Gasteiger charge is -2.32. The van der Waals surface area contributed by atoms with Gasteiger partial charge in [-0.3, -0.25) is 4.79 Å². The van der Waals surface area contributed by atoms with Gasteiger partial charge in [0.05, 0.1) is 7.11 Å². The SMILES string of the molecule is COc1ccc(-c2noc3ncnc(N4CCC(C(=O)NCCCN5CCCC5)CC4)c23)cc1. The Morgan fingerprint density at radius 1 is 1.12 bits per heavy atom. The number of nitrogens with one attached hydrogen (secondary N) is 1. The molecule has 0 spiro atoms. The highest BCUT2D eigenvalue weighted by Gasteiger charge is 2.28. The Hall–Kier alpha value is -3.20. The van der Waals surface area contributed by atoms with Gasteiger partial charge in [-0.25, -0.2) is 4.98 Å². The summed E-state index contributed by atoms with van der Waals surface area (Å²) in [6.07, 6.45) is 6.74. The molecule has 5 rings (SSSR count). The molecule has 0 radical (unpaired) electrons. The van der Waals surface area contributed by atoms with Crippen molar-refractivity contribution in [1.82, 2.24) is 25.3 Å². The number of hydrogen-bond donors (Lipinski definition) is 1. The second-order valence-electron chi connectivity index (χ2n) is 9.09. The van der Waals surface area contributed by atoms with E-state index in [1.54, 1.807) is 7.11 Å². The van der Waals surface area contributed by atoms with Crippen LogP contribution >= 0.6 is 0 Å². The van der Waals surface area contributed by atoms with Gasteiger partial charge in [-0.1, -0.05) is 5.16 Å². The van der Waals surface area contributed by atoms with Crippen LogP contribution in [0.25, 0.3) is 22.4 Å². The van der Waals surface area contributed by atoms with E-state index in [4.69, 9.17) is 9.26 Å². The molecule has 0 aliphatic carbocycles. The first kappa shape index (κ1) is 22.6. The molecule has 1 amide bonds. The van der Waals surface area contributed by atoms with Crippen molar-refractivity contribution in [3.05, 3.63) is 30.6 Å². The average molecular weight is 465 g/mol. The number of methoxy groups -OCH3 is 1. The molecule has 0 saturated carbocycles. The average Bonchev–Trinajstić information content (AvgIpc) is 3.57. The molecular weight excluding hydrogens is 432 g/mol. The molecule has 2 saturated heterocycles. The van der Waals surface area contributed by atoms with Crippen LogP contribution in [0.5, 0.6) is 5.75 Å². The van der Waals surface area contributed by atoms with Gasteiger partial charge < -0.3 is 24.4 Å². The van der Waals surface area contributed by atoms with Crippen LogP contribution in [0, 0.1) is 5.92 Å². The smallest absolute Gasteiger partial charge is 0.263 e. The van der Waals surface area contributed by atoms with Crippen LogP contribution in [0.3, 0.4) is 0 Å². The van der Waals surface area contributed by atoms with E-state index in [2.05, 4.69) is 30.2 Å². The largest absolute Gasteiger partial charge is 0.497 e. The minimum atomic E-state index is 0.0453. The highest BCUT2D eigenvalue weighted by atomic mass is 16.5. The molecular formula is C25H32N6O3. The lowest BCUT2D eigenvalue weighted by atomic mass is 9.95. The van der Waals surface area contributed by atoms with E-state index in [1.807, 2.05) is 24.3 Å². The van der Waals surface area contributed by atoms with E-state index >= 15 is 0 Å². The summed E-state index contributed by atoms with van der Waals surface area (Å²) in [5.74, 6) is 1.81. The highest BCUT2D eigenvalue weighted by Crippen LogP contribution is 2.35. The molecule has 0 bridgehead atoms. The van der Waals surface area contributed by atoms with Crippen molar-refractivity contribution in [2.75, 3.05) is 51.3 Å². The van der Waals surface area contributed by atoms with Gasteiger partial charge in [0.2, 0.25) is 5.91 Å². The maximum absolute atomic E-state index is 12.7. The van der Waals surface area contributed by atoms with Crippen LogP contribution in [0.2, 0.25) is 0 Å². The zero-order valence-corrected chi connectivity index (χ0v) is 19.7. The van der Waals surface area contributed by atoms with Gasteiger partial charge in [0.15, 0.2) is 0 Å². The molecule has 180 valence electrons. The number of likely N-dealkylation sites (tertiary alicyclic amines) is 1. The van der Waals surface area contributed by atoms with Crippen LogP contribution < -0.4 is 15.0 Å². The number of benzene rings is 1. The number of nitrogens with zero attached hydrogens (tertiary/aromatic N) is 5. The molecule has 2 fully saturated rings. The molecule has 0 unspecified atom stereocenters. The van der Waals surface area contributed by atoms with Crippen molar-refractivity contribution >= 4 is 22.8 Å². The lowest BCUT2D eigenvalue weighted by Crippen LogP contribution is -2.41. The summed E-state index contributed by atoms with van der Waals surface area (Å²) in [4.78, 5) is 26.2. The Morgan fingerprint density at radius 3 is 2.62 bits per heavy atom. The zero-order chi connectivity index (χ0) is 23.3. The Balaban J connectivity index is 1.21. The minimum Gasteiger partial charge on any atom is -0.497 e. The monoisotopic (exact) mass is 464 g/mol.